The molecule has 132 valence electrons. The van der Waals surface area contributed by atoms with E-state index in [1.54, 1.807) is 0 Å². The number of halogens is 5. The number of ether oxygens (including phenoxy) is 1. The van der Waals surface area contributed by atoms with Crippen molar-refractivity contribution >= 4 is 24.0 Å². The Balaban J connectivity index is 0.00000264. The van der Waals surface area contributed by atoms with Crippen LogP contribution in [0.15, 0.2) is 18.2 Å². The molecule has 0 amide bonds. The van der Waals surface area contributed by atoms with Crippen LogP contribution in [0, 0.1) is 0 Å². The Bertz CT molecular complexity index is 543. The van der Waals surface area contributed by atoms with Gasteiger partial charge in [0.25, 0.3) is 0 Å². The summed E-state index contributed by atoms with van der Waals surface area (Å²) in [4.78, 5) is 0. The summed E-state index contributed by atoms with van der Waals surface area (Å²) in [6, 6.07) is 3.70. The molecule has 1 aliphatic rings. The van der Waals surface area contributed by atoms with Crippen LogP contribution in [0.25, 0.3) is 0 Å². The van der Waals surface area contributed by atoms with Gasteiger partial charge >= 0.3 is 6.18 Å². The first kappa shape index (κ1) is 20.4. The summed E-state index contributed by atoms with van der Waals surface area (Å²) < 4.78 is 44.5. The van der Waals surface area contributed by atoms with Gasteiger partial charge in [-0.15, -0.1) is 12.4 Å². The zero-order chi connectivity index (χ0) is 16.8. The fraction of sp³-hybridized carbons (Fsp3) is 0.625. The number of rotatable bonds is 2. The standard InChI is InChI=1S/C16H21ClF3NO.ClH/c1-14(2)8-11(9-15(3,4)21-14)22-10-5-6-13(17)12(7-10)16(18,19)20;/h5-7,11,21H,8-9H2,1-4H3;1H. The first-order valence-electron chi connectivity index (χ1n) is 7.21. The summed E-state index contributed by atoms with van der Waals surface area (Å²) in [6.45, 7) is 8.25. The lowest BCUT2D eigenvalue weighted by Gasteiger charge is -2.46. The maximum atomic E-state index is 12.9. The van der Waals surface area contributed by atoms with E-state index in [1.165, 1.54) is 12.1 Å². The number of hydrogen-bond acceptors (Lipinski definition) is 2. The van der Waals surface area contributed by atoms with E-state index in [9.17, 15) is 13.2 Å². The second-order valence-corrected chi connectivity index (χ2v) is 7.59. The van der Waals surface area contributed by atoms with E-state index in [-0.39, 0.29) is 40.4 Å². The summed E-state index contributed by atoms with van der Waals surface area (Å²) in [5, 5.41) is 3.20. The second-order valence-electron chi connectivity index (χ2n) is 7.18. The van der Waals surface area contributed by atoms with Crippen LogP contribution in [0.2, 0.25) is 5.02 Å². The molecule has 0 saturated carbocycles. The van der Waals surface area contributed by atoms with Gasteiger partial charge in [-0.05, 0) is 45.9 Å². The van der Waals surface area contributed by atoms with Gasteiger partial charge in [0.1, 0.15) is 11.9 Å². The predicted molar refractivity (Wildman–Crippen MR) is 88.6 cm³/mol. The van der Waals surface area contributed by atoms with E-state index in [4.69, 9.17) is 16.3 Å². The molecule has 1 fully saturated rings. The maximum Gasteiger partial charge on any atom is 0.417 e. The predicted octanol–water partition coefficient (Wildman–Crippen LogP) is 5.47. The molecule has 0 bridgehead atoms. The Hall–Kier alpha value is -0.650. The van der Waals surface area contributed by atoms with Gasteiger partial charge in [-0.3, -0.25) is 0 Å². The molecule has 2 nitrogen and oxygen atoms in total. The highest BCUT2D eigenvalue weighted by Gasteiger charge is 2.39. The summed E-state index contributed by atoms with van der Waals surface area (Å²) in [5.41, 5.74) is -1.13. The van der Waals surface area contributed by atoms with Crippen LogP contribution < -0.4 is 10.1 Å². The van der Waals surface area contributed by atoms with Gasteiger partial charge in [-0.25, -0.2) is 0 Å². The molecule has 0 aromatic heterocycles. The van der Waals surface area contributed by atoms with Crippen molar-refractivity contribution in [3.8, 4) is 5.75 Å². The van der Waals surface area contributed by atoms with Crippen molar-refractivity contribution in [3.05, 3.63) is 28.8 Å². The summed E-state index contributed by atoms with van der Waals surface area (Å²) in [6.07, 6.45) is -3.18. The SMILES string of the molecule is CC1(C)CC(Oc2ccc(Cl)c(C(F)(F)F)c2)CC(C)(C)N1.Cl. The second kappa shape index (κ2) is 6.69. The Labute approximate surface area is 146 Å². The molecular weight excluding hydrogens is 350 g/mol. The molecule has 2 rings (SSSR count). The van der Waals surface area contributed by atoms with Crippen molar-refractivity contribution < 1.29 is 17.9 Å². The first-order valence-corrected chi connectivity index (χ1v) is 7.59. The highest BCUT2D eigenvalue weighted by Crippen LogP contribution is 2.38. The average Bonchev–Trinajstić information content (AvgIpc) is 2.25. The average molecular weight is 372 g/mol. The van der Waals surface area contributed by atoms with Gasteiger partial charge in [0.05, 0.1) is 10.6 Å². The molecular formula is C16H22Cl2F3NO. The van der Waals surface area contributed by atoms with Gasteiger partial charge < -0.3 is 10.1 Å². The lowest BCUT2D eigenvalue weighted by molar-refractivity contribution is -0.137. The van der Waals surface area contributed by atoms with E-state index in [0.29, 0.717) is 0 Å². The van der Waals surface area contributed by atoms with E-state index >= 15 is 0 Å². The zero-order valence-electron chi connectivity index (χ0n) is 13.6. The number of hydrogen-bond donors (Lipinski definition) is 1. The molecule has 1 aromatic rings. The lowest BCUT2D eigenvalue weighted by atomic mass is 9.81. The minimum absolute atomic E-state index is 0. The quantitative estimate of drug-likeness (QED) is 0.744. The van der Waals surface area contributed by atoms with Gasteiger partial charge in [0.2, 0.25) is 0 Å². The van der Waals surface area contributed by atoms with Gasteiger partial charge in [-0.1, -0.05) is 11.6 Å². The smallest absolute Gasteiger partial charge is 0.417 e. The zero-order valence-corrected chi connectivity index (χ0v) is 15.1. The van der Waals surface area contributed by atoms with E-state index < -0.39 is 11.7 Å². The largest absolute Gasteiger partial charge is 0.490 e. The molecule has 1 heterocycles. The van der Waals surface area contributed by atoms with Crippen LogP contribution >= 0.6 is 24.0 Å². The van der Waals surface area contributed by atoms with Crippen LogP contribution in [-0.2, 0) is 6.18 Å². The number of nitrogens with one attached hydrogen (secondary N) is 1. The van der Waals surface area contributed by atoms with Crippen LogP contribution in [-0.4, -0.2) is 17.2 Å². The molecule has 0 unspecified atom stereocenters. The Morgan fingerprint density at radius 1 is 1.13 bits per heavy atom. The third-order valence-corrected chi connectivity index (χ3v) is 4.03. The van der Waals surface area contributed by atoms with Crippen molar-refractivity contribution in [2.45, 2.75) is 63.9 Å². The van der Waals surface area contributed by atoms with Crippen molar-refractivity contribution in [1.29, 1.82) is 0 Å². The molecule has 0 aliphatic carbocycles. The molecule has 23 heavy (non-hydrogen) atoms. The molecule has 0 radical (unpaired) electrons. The molecule has 7 heteroatoms. The van der Waals surface area contributed by atoms with E-state index in [1.807, 2.05) is 0 Å². The first-order chi connectivity index (χ1) is 9.88. The van der Waals surface area contributed by atoms with Crippen LogP contribution in [0.3, 0.4) is 0 Å². The highest BCUT2D eigenvalue weighted by molar-refractivity contribution is 6.31. The number of alkyl halides is 3. The van der Waals surface area contributed by atoms with Crippen LogP contribution in [0.1, 0.15) is 46.1 Å². The summed E-state index contributed by atoms with van der Waals surface area (Å²) >= 11 is 5.63. The van der Waals surface area contributed by atoms with E-state index in [0.717, 1.165) is 18.9 Å². The molecule has 1 N–H and O–H groups in total. The minimum Gasteiger partial charge on any atom is -0.490 e. The monoisotopic (exact) mass is 371 g/mol. The van der Waals surface area contributed by atoms with Crippen molar-refractivity contribution in [2.24, 2.45) is 0 Å². The third kappa shape index (κ3) is 5.44. The van der Waals surface area contributed by atoms with Gasteiger partial charge in [-0.2, -0.15) is 13.2 Å². The molecule has 0 spiro atoms. The summed E-state index contributed by atoms with van der Waals surface area (Å²) in [5.74, 6) is 0.204. The topological polar surface area (TPSA) is 21.3 Å². The number of benzene rings is 1. The lowest BCUT2D eigenvalue weighted by Crippen LogP contribution is -2.60. The maximum absolute atomic E-state index is 12.9. The Kier molecular flexibility index (Phi) is 5.93. The molecule has 1 saturated heterocycles. The highest BCUT2D eigenvalue weighted by atomic mass is 35.5. The Morgan fingerprint density at radius 2 is 1.65 bits per heavy atom. The summed E-state index contributed by atoms with van der Waals surface area (Å²) in [7, 11) is 0. The van der Waals surface area contributed by atoms with Crippen LogP contribution in [0.5, 0.6) is 5.75 Å². The Morgan fingerprint density at radius 3 is 2.13 bits per heavy atom. The fourth-order valence-electron chi connectivity index (χ4n) is 3.30. The number of piperidine rings is 1. The van der Waals surface area contributed by atoms with Gasteiger partial charge in [0, 0.05) is 23.9 Å². The molecule has 1 aliphatic heterocycles. The molecule has 1 aromatic carbocycles. The minimum atomic E-state index is -4.48. The van der Waals surface area contributed by atoms with Crippen molar-refractivity contribution in [3.63, 3.8) is 0 Å². The van der Waals surface area contributed by atoms with Crippen molar-refractivity contribution in [1.82, 2.24) is 5.32 Å². The van der Waals surface area contributed by atoms with Crippen LogP contribution in [0.4, 0.5) is 13.2 Å². The third-order valence-electron chi connectivity index (χ3n) is 3.70. The normalized spacial score (nSPS) is 20.7. The fourth-order valence-corrected chi connectivity index (χ4v) is 3.52. The van der Waals surface area contributed by atoms with E-state index in [2.05, 4.69) is 33.0 Å². The molecule has 0 atom stereocenters. The van der Waals surface area contributed by atoms with Gasteiger partial charge in [0.15, 0.2) is 0 Å². The van der Waals surface area contributed by atoms with Crippen molar-refractivity contribution in [2.75, 3.05) is 0 Å².